The third-order valence-electron chi connectivity index (χ3n) is 4.05. The molecule has 6 heteroatoms. The minimum atomic E-state index is -0.222. The number of para-hydroxylation sites is 1. The molecule has 27 heavy (non-hydrogen) atoms. The smallest absolute Gasteiger partial charge is 0.251 e. The van der Waals surface area contributed by atoms with Crippen molar-refractivity contribution in [3.8, 4) is 22.9 Å². The summed E-state index contributed by atoms with van der Waals surface area (Å²) in [6, 6.07) is 17.9. The molecule has 0 unspecified atom stereocenters. The van der Waals surface area contributed by atoms with E-state index in [4.69, 9.17) is 21.6 Å². The van der Waals surface area contributed by atoms with Crippen LogP contribution in [0.25, 0.3) is 11.1 Å². The number of hydrogen-bond acceptors (Lipinski definition) is 4. The molecule has 0 fully saturated rings. The second-order valence-electron chi connectivity index (χ2n) is 5.73. The number of carbonyl (C=O) groups is 1. The van der Waals surface area contributed by atoms with Crippen LogP contribution in [0.1, 0.15) is 21.6 Å². The van der Waals surface area contributed by atoms with E-state index in [1.165, 1.54) is 0 Å². The molecule has 134 valence electrons. The highest BCUT2D eigenvalue weighted by atomic mass is 35.5. The first-order valence-corrected chi connectivity index (χ1v) is 8.56. The van der Waals surface area contributed by atoms with Gasteiger partial charge in [0.1, 0.15) is 17.5 Å². The lowest BCUT2D eigenvalue weighted by molar-refractivity contribution is 0.0950. The summed E-state index contributed by atoms with van der Waals surface area (Å²) in [4.78, 5) is 16.6. The number of nitrogens with zero attached hydrogens (tertiary/aromatic N) is 2. The van der Waals surface area contributed by atoms with Gasteiger partial charge in [-0.1, -0.05) is 29.8 Å². The van der Waals surface area contributed by atoms with Crippen molar-refractivity contribution in [1.82, 2.24) is 10.3 Å². The zero-order valence-electron chi connectivity index (χ0n) is 14.6. The SMILES string of the molecule is COc1ccccc1CNC(=O)c1ccc(Cl)c(-c2ccc(C#N)nc2)c1. The Morgan fingerprint density at radius 2 is 2.04 bits per heavy atom. The number of nitrogens with one attached hydrogen (secondary N) is 1. The van der Waals surface area contributed by atoms with E-state index >= 15 is 0 Å². The molecule has 0 spiro atoms. The van der Waals surface area contributed by atoms with Gasteiger partial charge in [0.25, 0.3) is 5.91 Å². The molecule has 0 radical (unpaired) electrons. The number of ether oxygens (including phenoxy) is 1. The number of methoxy groups -OCH3 is 1. The van der Waals surface area contributed by atoms with Gasteiger partial charge in [-0.3, -0.25) is 4.79 Å². The van der Waals surface area contributed by atoms with Gasteiger partial charge >= 0.3 is 0 Å². The Hall–Kier alpha value is -3.36. The molecular formula is C21H16ClN3O2. The maximum atomic E-state index is 12.6. The summed E-state index contributed by atoms with van der Waals surface area (Å²) < 4.78 is 5.30. The van der Waals surface area contributed by atoms with Gasteiger partial charge in [0.05, 0.1) is 7.11 Å². The zero-order valence-corrected chi connectivity index (χ0v) is 15.3. The van der Waals surface area contributed by atoms with Crippen molar-refractivity contribution in [3.05, 3.63) is 82.6 Å². The molecule has 0 bridgehead atoms. The molecule has 0 saturated carbocycles. The molecule has 0 saturated heterocycles. The molecule has 1 aromatic heterocycles. The minimum Gasteiger partial charge on any atom is -0.496 e. The van der Waals surface area contributed by atoms with E-state index in [0.717, 1.165) is 16.9 Å². The molecule has 1 amide bonds. The molecule has 1 N–H and O–H groups in total. The molecule has 5 nitrogen and oxygen atoms in total. The monoisotopic (exact) mass is 377 g/mol. The Labute approximate surface area is 162 Å². The van der Waals surface area contributed by atoms with Crippen molar-refractivity contribution in [2.45, 2.75) is 6.54 Å². The summed E-state index contributed by atoms with van der Waals surface area (Å²) in [7, 11) is 1.59. The molecule has 2 aromatic carbocycles. The number of carbonyl (C=O) groups excluding carboxylic acids is 1. The third kappa shape index (κ3) is 4.25. The number of benzene rings is 2. The number of pyridine rings is 1. The van der Waals surface area contributed by atoms with Crippen LogP contribution in [0.3, 0.4) is 0 Å². The lowest BCUT2D eigenvalue weighted by atomic mass is 10.0. The summed E-state index contributed by atoms with van der Waals surface area (Å²) in [5.41, 5.74) is 3.10. The topological polar surface area (TPSA) is 75.0 Å². The highest BCUT2D eigenvalue weighted by Crippen LogP contribution is 2.28. The van der Waals surface area contributed by atoms with Gasteiger partial charge in [0, 0.05) is 40.0 Å². The standard InChI is InChI=1S/C21H16ClN3O2/c1-27-20-5-3-2-4-16(20)13-25-21(26)14-7-9-19(22)18(10-14)15-6-8-17(11-23)24-12-15/h2-10,12H,13H2,1H3,(H,25,26). The molecule has 0 atom stereocenters. The van der Waals surface area contributed by atoms with Gasteiger partial charge in [-0.2, -0.15) is 5.26 Å². The van der Waals surface area contributed by atoms with Crippen LogP contribution in [-0.4, -0.2) is 18.0 Å². The maximum Gasteiger partial charge on any atom is 0.251 e. The van der Waals surface area contributed by atoms with Crippen LogP contribution in [0.4, 0.5) is 0 Å². The van der Waals surface area contributed by atoms with E-state index in [1.54, 1.807) is 43.6 Å². The predicted octanol–water partition coefficient (Wildman–Crippen LogP) is 4.21. The quantitative estimate of drug-likeness (QED) is 0.722. The molecular weight excluding hydrogens is 362 g/mol. The Bertz CT molecular complexity index is 1010. The van der Waals surface area contributed by atoms with E-state index in [2.05, 4.69) is 10.3 Å². The van der Waals surface area contributed by atoms with Crippen molar-refractivity contribution in [2.75, 3.05) is 7.11 Å². The lowest BCUT2D eigenvalue weighted by Gasteiger charge is -2.11. The normalized spacial score (nSPS) is 10.1. The Balaban J connectivity index is 1.80. The van der Waals surface area contributed by atoms with Crippen molar-refractivity contribution < 1.29 is 9.53 Å². The van der Waals surface area contributed by atoms with Gasteiger partial charge in [-0.15, -0.1) is 0 Å². The van der Waals surface area contributed by atoms with Crippen LogP contribution in [0, 0.1) is 11.3 Å². The number of halogens is 1. The van der Waals surface area contributed by atoms with Gasteiger partial charge in [0.2, 0.25) is 0 Å². The fourth-order valence-electron chi connectivity index (χ4n) is 2.63. The summed E-state index contributed by atoms with van der Waals surface area (Å²) in [6.07, 6.45) is 1.57. The molecule has 0 aliphatic heterocycles. The number of hydrogen-bond donors (Lipinski definition) is 1. The molecule has 0 aliphatic rings. The minimum absolute atomic E-state index is 0.222. The fourth-order valence-corrected chi connectivity index (χ4v) is 2.86. The summed E-state index contributed by atoms with van der Waals surface area (Å²) >= 11 is 6.28. The number of amides is 1. The predicted molar refractivity (Wildman–Crippen MR) is 104 cm³/mol. The number of rotatable bonds is 5. The van der Waals surface area contributed by atoms with Crippen molar-refractivity contribution in [3.63, 3.8) is 0 Å². The third-order valence-corrected chi connectivity index (χ3v) is 4.38. The first-order valence-electron chi connectivity index (χ1n) is 8.18. The first-order chi connectivity index (χ1) is 13.1. The van der Waals surface area contributed by atoms with Crippen molar-refractivity contribution >= 4 is 17.5 Å². The van der Waals surface area contributed by atoms with Gasteiger partial charge < -0.3 is 10.1 Å². The Morgan fingerprint density at radius 1 is 1.22 bits per heavy atom. The molecule has 0 aliphatic carbocycles. The summed E-state index contributed by atoms with van der Waals surface area (Å²) in [5, 5.41) is 12.2. The van der Waals surface area contributed by atoms with Crippen molar-refractivity contribution in [2.24, 2.45) is 0 Å². The van der Waals surface area contributed by atoms with Crippen molar-refractivity contribution in [1.29, 1.82) is 5.26 Å². The average molecular weight is 378 g/mol. The van der Waals surface area contributed by atoms with E-state index in [9.17, 15) is 4.79 Å². The van der Waals surface area contributed by atoms with Crippen LogP contribution in [-0.2, 0) is 6.54 Å². The van der Waals surface area contributed by atoms with E-state index in [-0.39, 0.29) is 5.91 Å². The Morgan fingerprint density at radius 3 is 2.74 bits per heavy atom. The van der Waals surface area contributed by atoms with E-state index in [1.807, 2.05) is 30.3 Å². The van der Waals surface area contributed by atoms with Crippen LogP contribution in [0.5, 0.6) is 5.75 Å². The van der Waals surface area contributed by atoms with Crippen LogP contribution >= 0.6 is 11.6 Å². The first kappa shape index (κ1) is 18.4. The molecule has 1 heterocycles. The van der Waals surface area contributed by atoms with E-state index < -0.39 is 0 Å². The van der Waals surface area contributed by atoms with Crippen LogP contribution < -0.4 is 10.1 Å². The Kier molecular flexibility index (Phi) is 5.70. The van der Waals surface area contributed by atoms with Gasteiger partial charge in [-0.25, -0.2) is 4.98 Å². The van der Waals surface area contributed by atoms with Gasteiger partial charge in [0.15, 0.2) is 0 Å². The summed E-state index contributed by atoms with van der Waals surface area (Å²) in [6.45, 7) is 0.346. The number of aromatic nitrogens is 1. The number of nitriles is 1. The highest BCUT2D eigenvalue weighted by molar-refractivity contribution is 6.33. The summed E-state index contributed by atoms with van der Waals surface area (Å²) in [5.74, 6) is 0.499. The molecule has 3 rings (SSSR count). The largest absolute Gasteiger partial charge is 0.496 e. The molecule has 3 aromatic rings. The van der Waals surface area contributed by atoms with Crippen LogP contribution in [0.2, 0.25) is 5.02 Å². The second kappa shape index (κ2) is 8.35. The van der Waals surface area contributed by atoms with Crippen LogP contribution in [0.15, 0.2) is 60.8 Å². The van der Waals surface area contributed by atoms with Gasteiger partial charge in [-0.05, 0) is 36.4 Å². The second-order valence-corrected chi connectivity index (χ2v) is 6.14. The average Bonchev–Trinajstić information content (AvgIpc) is 2.72. The highest BCUT2D eigenvalue weighted by Gasteiger charge is 2.12. The maximum absolute atomic E-state index is 12.6. The van der Waals surface area contributed by atoms with E-state index in [0.29, 0.717) is 28.4 Å². The fraction of sp³-hybridized carbons (Fsp3) is 0.0952. The lowest BCUT2D eigenvalue weighted by Crippen LogP contribution is -2.23. The zero-order chi connectivity index (χ0) is 19.2.